The maximum atomic E-state index is 4.08. The molecule has 0 heterocycles. The Morgan fingerprint density at radius 3 is 1.69 bits per heavy atom. The van der Waals surface area contributed by atoms with Gasteiger partial charge in [-0.3, -0.25) is 0 Å². The molecule has 1 aliphatic carbocycles. The van der Waals surface area contributed by atoms with Crippen molar-refractivity contribution in [3.05, 3.63) is 44.9 Å². The Hall–Kier alpha value is 4.72. The van der Waals surface area contributed by atoms with E-state index < -0.39 is 17.3 Å². The van der Waals surface area contributed by atoms with Crippen molar-refractivity contribution in [1.29, 1.82) is 0 Å². The molecule has 2 rings (SSSR count). The van der Waals surface area contributed by atoms with E-state index in [-0.39, 0.29) is 4.83 Å². The van der Waals surface area contributed by atoms with E-state index in [1.807, 2.05) is 18.2 Å². The van der Waals surface area contributed by atoms with E-state index in [1.54, 1.807) is 0 Å². The fraction of sp³-hybridized carbons (Fsp3) is 0.429. The molecule has 3 atom stereocenters. The predicted molar refractivity (Wildman–Crippen MR) is 157 cm³/mol. The van der Waals surface area contributed by atoms with E-state index in [4.69, 9.17) is 0 Å². The van der Waals surface area contributed by atoms with Crippen molar-refractivity contribution in [2.75, 3.05) is 0 Å². The molecule has 1 aromatic carbocycles. The van der Waals surface area contributed by atoms with Crippen LogP contribution in [0.2, 0.25) is 0 Å². The predicted octanol–water partition coefficient (Wildman–Crippen LogP) is 11.0. The van der Waals surface area contributed by atoms with Gasteiger partial charge in [0.1, 0.15) is 15.1 Å². The third-order valence-electron chi connectivity index (χ3n) is 3.94. The van der Waals surface area contributed by atoms with E-state index in [1.165, 1.54) is 0 Å². The molecule has 146 valence electrons. The Morgan fingerprint density at radius 2 is 1.27 bits per heavy atom. The number of alkyl halides is 10. The van der Waals surface area contributed by atoms with Crippen LogP contribution in [-0.4, -0.2) is 17.8 Å². The van der Waals surface area contributed by atoms with Gasteiger partial charge in [-0.2, -0.15) is 0 Å². The van der Waals surface area contributed by atoms with Crippen LogP contribution >= 0.6 is 191 Å². The minimum atomic E-state index is -0.791. The number of rotatable bonds is 2. The summed E-state index contributed by atoms with van der Waals surface area (Å²) in [4.78, 5) is -0.0864. The first-order valence-electron chi connectivity index (χ1n) is 6.54. The summed E-state index contributed by atoms with van der Waals surface area (Å²) in [5.41, 5.74) is 1.02. The first-order valence-corrected chi connectivity index (χ1v) is 16.2. The second-order valence-corrected chi connectivity index (χ2v) is 24.1. The van der Waals surface area contributed by atoms with Gasteiger partial charge in [-0.25, -0.2) is 0 Å². The average Bonchev–Trinajstić information content (AvgIpc) is 2.56. The molecular formula is C14H6Br12. The van der Waals surface area contributed by atoms with E-state index in [0.29, 0.717) is 0 Å². The standard InChI is InChI=1S/C14H6Br12/c15-7-8(16)11(19,13(22,23)12(20,21)9(7)17)10(18,14(24,25)26)6-4-2-1-3-5-6/h1-5,9H. The fourth-order valence-corrected chi connectivity index (χ4v) is 14.9. The van der Waals surface area contributed by atoms with Crippen molar-refractivity contribution in [3.8, 4) is 0 Å². The normalized spacial score (nSPS) is 30.8. The lowest BCUT2D eigenvalue weighted by Gasteiger charge is -2.60. The summed E-state index contributed by atoms with van der Waals surface area (Å²) in [6.45, 7) is 0. The summed E-state index contributed by atoms with van der Waals surface area (Å²) in [5, 5.41) is 0. The third kappa shape index (κ3) is 3.95. The Morgan fingerprint density at radius 1 is 0.808 bits per heavy atom. The van der Waals surface area contributed by atoms with Crippen LogP contribution in [0, 0.1) is 0 Å². The third-order valence-corrected chi connectivity index (χ3v) is 24.8. The molecule has 0 spiro atoms. The zero-order valence-electron chi connectivity index (χ0n) is 12.0. The van der Waals surface area contributed by atoms with Crippen LogP contribution in [-0.2, 0) is 4.32 Å². The molecule has 3 unspecified atom stereocenters. The SMILES string of the molecule is BrC1=C(Br)C(Br)(C(Br)(c2ccccc2)C(Br)(Br)Br)C(Br)(Br)C(Br)(Br)C1Br. The first-order chi connectivity index (χ1) is 11.6. The molecule has 26 heavy (non-hydrogen) atoms. The maximum absolute atomic E-state index is 4.08. The topological polar surface area (TPSA) is 0 Å². The van der Waals surface area contributed by atoms with Crippen molar-refractivity contribution >= 4 is 191 Å². The van der Waals surface area contributed by atoms with Gasteiger partial charge < -0.3 is 0 Å². The summed E-state index contributed by atoms with van der Waals surface area (Å²) in [6.07, 6.45) is 0. The zero-order chi connectivity index (χ0) is 20.3. The molecule has 0 amide bonds. The van der Waals surface area contributed by atoms with Crippen LogP contribution in [0.3, 0.4) is 0 Å². The van der Waals surface area contributed by atoms with Gasteiger partial charge in [0, 0.05) is 8.96 Å². The number of allylic oxidation sites excluding steroid dienone is 2. The van der Waals surface area contributed by atoms with Crippen LogP contribution in [0.1, 0.15) is 5.56 Å². The Balaban J connectivity index is 2.99. The number of hydrogen-bond donors (Lipinski definition) is 0. The fourth-order valence-electron chi connectivity index (χ4n) is 2.55. The molecule has 0 nitrogen and oxygen atoms in total. The van der Waals surface area contributed by atoms with Gasteiger partial charge in [-0.15, -0.1) is 0 Å². The van der Waals surface area contributed by atoms with Gasteiger partial charge in [0.2, 0.25) is 0 Å². The molecule has 12 heteroatoms. The maximum Gasteiger partial charge on any atom is 0.156 e. The highest BCUT2D eigenvalue weighted by atomic mass is 80.0. The molecule has 1 aromatic rings. The van der Waals surface area contributed by atoms with E-state index >= 15 is 0 Å². The Labute approximate surface area is 253 Å². The summed E-state index contributed by atoms with van der Waals surface area (Å²) in [6, 6.07) is 10.1. The van der Waals surface area contributed by atoms with Gasteiger partial charge in [-0.1, -0.05) is 221 Å². The lowest BCUT2D eigenvalue weighted by atomic mass is 9.80. The van der Waals surface area contributed by atoms with Crippen molar-refractivity contribution in [2.45, 2.75) is 22.1 Å². The molecule has 0 N–H and O–H groups in total. The highest BCUT2D eigenvalue weighted by Crippen LogP contribution is 2.77. The number of hydrogen-bond acceptors (Lipinski definition) is 0. The average molecular weight is 1130 g/mol. The van der Waals surface area contributed by atoms with Crippen LogP contribution in [0.25, 0.3) is 0 Å². The molecule has 0 aromatic heterocycles. The van der Waals surface area contributed by atoms with Crippen molar-refractivity contribution in [2.24, 2.45) is 0 Å². The van der Waals surface area contributed by atoms with Crippen molar-refractivity contribution in [3.63, 3.8) is 0 Å². The molecule has 0 fully saturated rings. The largest absolute Gasteiger partial charge is 0.156 e. The highest BCUT2D eigenvalue weighted by molar-refractivity contribution is 9.40. The summed E-state index contributed by atoms with van der Waals surface area (Å²) in [5.74, 6) is 0. The minimum absolute atomic E-state index is 0.0864. The highest BCUT2D eigenvalue weighted by Gasteiger charge is 2.76. The Bertz CT molecular complexity index is 721. The van der Waals surface area contributed by atoms with Gasteiger partial charge in [0.15, 0.2) is 2.14 Å². The second kappa shape index (κ2) is 9.16. The number of halogens is 12. The quantitative estimate of drug-likeness (QED) is 0.259. The molecule has 0 radical (unpaired) electrons. The zero-order valence-corrected chi connectivity index (χ0v) is 31.0. The van der Waals surface area contributed by atoms with Crippen LogP contribution in [0.5, 0.6) is 0 Å². The Kier molecular flexibility index (Phi) is 9.51. The molecule has 0 saturated heterocycles. The summed E-state index contributed by atoms with van der Waals surface area (Å²) >= 11 is 46.4. The van der Waals surface area contributed by atoms with Crippen LogP contribution < -0.4 is 0 Å². The lowest BCUT2D eigenvalue weighted by Crippen LogP contribution is -2.68. The first kappa shape index (κ1) is 27.0. The van der Waals surface area contributed by atoms with E-state index in [9.17, 15) is 0 Å². The molecule has 0 aliphatic heterocycles. The minimum Gasteiger partial charge on any atom is -0.0807 e. The van der Waals surface area contributed by atoms with Crippen LogP contribution in [0.15, 0.2) is 39.3 Å². The summed E-state index contributed by atoms with van der Waals surface area (Å²) in [7, 11) is 0. The number of benzene rings is 1. The van der Waals surface area contributed by atoms with E-state index in [2.05, 4.69) is 203 Å². The van der Waals surface area contributed by atoms with E-state index in [0.717, 1.165) is 14.5 Å². The molecule has 0 bridgehead atoms. The smallest absolute Gasteiger partial charge is 0.0807 e. The molecule has 1 aliphatic rings. The van der Waals surface area contributed by atoms with Gasteiger partial charge in [0.25, 0.3) is 0 Å². The summed E-state index contributed by atoms with van der Waals surface area (Å²) < 4.78 is -1.82. The monoisotopic (exact) mass is 1120 g/mol. The molecule has 0 saturated carbocycles. The molecular weight excluding hydrogens is 1130 g/mol. The van der Waals surface area contributed by atoms with Crippen molar-refractivity contribution < 1.29 is 0 Å². The van der Waals surface area contributed by atoms with Crippen LogP contribution in [0.4, 0.5) is 0 Å². The van der Waals surface area contributed by atoms with Gasteiger partial charge in [0.05, 0.1) is 4.83 Å². The van der Waals surface area contributed by atoms with Gasteiger partial charge in [-0.05, 0) is 5.56 Å². The van der Waals surface area contributed by atoms with Crippen molar-refractivity contribution in [1.82, 2.24) is 0 Å². The van der Waals surface area contributed by atoms with Gasteiger partial charge >= 0.3 is 0 Å². The lowest BCUT2D eigenvalue weighted by molar-refractivity contribution is 0.482. The second-order valence-electron chi connectivity index (χ2n) is 5.40.